The van der Waals surface area contributed by atoms with Gasteiger partial charge in [0.25, 0.3) is 0 Å². The highest BCUT2D eigenvalue weighted by Crippen LogP contribution is 2.39. The van der Waals surface area contributed by atoms with Crippen molar-refractivity contribution in [2.24, 2.45) is 0 Å². The number of rotatable bonds is 5. The van der Waals surface area contributed by atoms with Crippen LogP contribution >= 0.6 is 7.92 Å². The third kappa shape index (κ3) is 3.92. The first-order chi connectivity index (χ1) is 11.7. The molecule has 2 aromatic rings. The zero-order chi connectivity index (χ0) is 16.9. The van der Waals surface area contributed by atoms with Crippen molar-refractivity contribution in [1.82, 2.24) is 4.90 Å². The number of nitro benzene ring substituents is 1. The van der Waals surface area contributed by atoms with Crippen LogP contribution in [-0.4, -0.2) is 42.3 Å². The Labute approximate surface area is 143 Å². The van der Waals surface area contributed by atoms with E-state index in [0.29, 0.717) is 5.75 Å². The molecule has 1 fully saturated rings. The summed E-state index contributed by atoms with van der Waals surface area (Å²) >= 11 is 0. The number of methoxy groups -OCH3 is 1. The van der Waals surface area contributed by atoms with Gasteiger partial charge >= 0.3 is 5.69 Å². The van der Waals surface area contributed by atoms with Crippen LogP contribution in [0.4, 0.5) is 5.69 Å². The Morgan fingerprint density at radius 2 is 1.88 bits per heavy atom. The summed E-state index contributed by atoms with van der Waals surface area (Å²) in [5, 5.41) is 12.2. The molecule has 0 N–H and O–H groups in total. The molecule has 0 saturated carbocycles. The fourth-order valence-corrected chi connectivity index (χ4v) is 5.39. The predicted octanol–water partition coefficient (Wildman–Crippen LogP) is 3.23. The fraction of sp³-hybridized carbons (Fsp3) is 0.333. The summed E-state index contributed by atoms with van der Waals surface area (Å²) in [7, 11) is 1.22. The Bertz CT molecular complexity index is 701. The first-order valence-corrected chi connectivity index (χ1v) is 9.72. The summed E-state index contributed by atoms with van der Waals surface area (Å²) in [6.45, 7) is 3.13. The van der Waals surface area contributed by atoms with Crippen molar-refractivity contribution in [3.63, 3.8) is 0 Å². The highest BCUT2D eigenvalue weighted by atomic mass is 31.1. The van der Waals surface area contributed by atoms with E-state index in [2.05, 4.69) is 29.2 Å². The molecule has 5 nitrogen and oxygen atoms in total. The highest BCUT2D eigenvalue weighted by molar-refractivity contribution is 7.65. The first-order valence-electron chi connectivity index (χ1n) is 8.01. The van der Waals surface area contributed by atoms with Crippen LogP contribution in [0.3, 0.4) is 0 Å². The molecule has 0 spiro atoms. The molecule has 0 aromatic heterocycles. The third-order valence-corrected chi connectivity index (χ3v) is 6.83. The van der Waals surface area contributed by atoms with Crippen molar-refractivity contribution in [2.45, 2.75) is 6.54 Å². The lowest BCUT2D eigenvalue weighted by Gasteiger charge is -2.32. The number of ether oxygens (including phenoxy) is 1. The third-order valence-electron chi connectivity index (χ3n) is 4.35. The van der Waals surface area contributed by atoms with Crippen LogP contribution in [0.5, 0.6) is 5.75 Å². The Morgan fingerprint density at radius 3 is 2.50 bits per heavy atom. The minimum absolute atomic E-state index is 0.0407. The van der Waals surface area contributed by atoms with E-state index in [9.17, 15) is 10.1 Å². The second kappa shape index (κ2) is 7.73. The lowest BCUT2D eigenvalue weighted by Crippen LogP contribution is -2.35. The quantitative estimate of drug-likeness (QED) is 0.475. The predicted molar refractivity (Wildman–Crippen MR) is 97.7 cm³/mol. The van der Waals surface area contributed by atoms with Crippen molar-refractivity contribution in [1.29, 1.82) is 0 Å². The Hall–Kier alpha value is -1.97. The highest BCUT2D eigenvalue weighted by Gasteiger charge is 2.23. The second-order valence-corrected chi connectivity index (χ2v) is 8.35. The van der Waals surface area contributed by atoms with Gasteiger partial charge in [0, 0.05) is 25.7 Å². The molecule has 1 heterocycles. The number of hydrogen-bond acceptors (Lipinski definition) is 4. The summed E-state index contributed by atoms with van der Waals surface area (Å²) in [5.74, 6) is 0.367. The fourth-order valence-electron chi connectivity index (χ4n) is 3.02. The monoisotopic (exact) mass is 344 g/mol. The van der Waals surface area contributed by atoms with Crippen LogP contribution in [0, 0.1) is 10.1 Å². The van der Waals surface area contributed by atoms with Crippen LogP contribution in [-0.2, 0) is 6.54 Å². The van der Waals surface area contributed by atoms with Gasteiger partial charge in [0.1, 0.15) is 0 Å². The molecule has 0 amide bonds. The summed E-state index contributed by atoms with van der Waals surface area (Å²) < 4.78 is 5.20. The van der Waals surface area contributed by atoms with Crippen LogP contribution in [0.25, 0.3) is 0 Å². The van der Waals surface area contributed by atoms with Crippen molar-refractivity contribution >= 4 is 18.9 Å². The molecular weight excluding hydrogens is 323 g/mol. The molecule has 126 valence electrons. The minimum atomic E-state index is -0.391. The second-order valence-electron chi connectivity index (χ2n) is 5.86. The lowest BCUT2D eigenvalue weighted by molar-refractivity contribution is -0.385. The van der Waals surface area contributed by atoms with E-state index in [0.717, 1.165) is 32.0 Å². The average Bonchev–Trinajstić information content (AvgIpc) is 2.62. The molecule has 0 unspecified atom stereocenters. The van der Waals surface area contributed by atoms with E-state index in [-0.39, 0.29) is 13.6 Å². The van der Waals surface area contributed by atoms with Gasteiger partial charge in [0.2, 0.25) is 0 Å². The summed E-state index contributed by atoms with van der Waals surface area (Å²) in [6, 6.07) is 15.9. The van der Waals surface area contributed by atoms with Crippen LogP contribution in [0.1, 0.15) is 5.56 Å². The maximum absolute atomic E-state index is 11.0. The lowest BCUT2D eigenvalue weighted by atomic mass is 10.2. The maximum Gasteiger partial charge on any atom is 0.310 e. The zero-order valence-electron chi connectivity index (χ0n) is 13.7. The number of benzene rings is 2. The average molecular weight is 344 g/mol. The molecule has 1 saturated heterocycles. The van der Waals surface area contributed by atoms with Crippen molar-refractivity contribution in [2.75, 3.05) is 32.5 Å². The van der Waals surface area contributed by atoms with Crippen molar-refractivity contribution in [3.8, 4) is 5.75 Å². The Kier molecular flexibility index (Phi) is 5.44. The van der Waals surface area contributed by atoms with Gasteiger partial charge in [-0.2, -0.15) is 0 Å². The molecule has 3 rings (SSSR count). The SMILES string of the molecule is COc1cc(P2CCN(Cc3ccccc3)CC2)ccc1[N+](=O)[O-]. The summed E-state index contributed by atoms with van der Waals surface area (Å²) in [4.78, 5) is 13.1. The molecule has 1 aliphatic rings. The molecule has 0 aliphatic carbocycles. The van der Waals surface area contributed by atoms with Gasteiger partial charge in [-0.25, -0.2) is 0 Å². The molecule has 24 heavy (non-hydrogen) atoms. The number of nitrogens with zero attached hydrogens (tertiary/aromatic N) is 2. The van der Waals surface area contributed by atoms with E-state index in [1.807, 2.05) is 18.2 Å². The normalized spacial score (nSPS) is 16.0. The summed E-state index contributed by atoms with van der Waals surface area (Å²) in [5.41, 5.74) is 1.39. The molecule has 0 bridgehead atoms. The van der Waals surface area contributed by atoms with E-state index in [1.165, 1.54) is 18.0 Å². The molecule has 6 heteroatoms. The Morgan fingerprint density at radius 1 is 1.17 bits per heavy atom. The van der Waals surface area contributed by atoms with E-state index in [4.69, 9.17) is 4.74 Å². The van der Waals surface area contributed by atoms with Gasteiger partial charge in [0.15, 0.2) is 5.75 Å². The van der Waals surface area contributed by atoms with E-state index >= 15 is 0 Å². The van der Waals surface area contributed by atoms with E-state index in [1.54, 1.807) is 6.07 Å². The smallest absolute Gasteiger partial charge is 0.310 e. The van der Waals surface area contributed by atoms with Crippen molar-refractivity contribution < 1.29 is 9.66 Å². The van der Waals surface area contributed by atoms with Gasteiger partial charge in [-0.3, -0.25) is 15.0 Å². The van der Waals surface area contributed by atoms with Gasteiger partial charge in [0.05, 0.1) is 12.0 Å². The number of hydrogen-bond donors (Lipinski definition) is 0. The minimum Gasteiger partial charge on any atom is -0.490 e. The molecule has 2 aromatic carbocycles. The van der Waals surface area contributed by atoms with Crippen molar-refractivity contribution in [3.05, 3.63) is 64.2 Å². The standard InChI is InChI=1S/C18H21N2O3P/c1-23-18-13-16(7-8-17(18)20(21)22)24-11-9-19(10-12-24)14-15-5-3-2-4-6-15/h2-8,13H,9-12,14H2,1H3. The van der Waals surface area contributed by atoms with E-state index < -0.39 is 4.92 Å². The van der Waals surface area contributed by atoms with Gasteiger partial charge in [-0.15, -0.1) is 0 Å². The first kappa shape index (κ1) is 16.9. The summed E-state index contributed by atoms with van der Waals surface area (Å²) in [6.07, 6.45) is 2.26. The van der Waals surface area contributed by atoms with Crippen LogP contribution in [0.15, 0.2) is 48.5 Å². The number of nitro groups is 1. The largest absolute Gasteiger partial charge is 0.490 e. The molecule has 0 atom stereocenters. The van der Waals surface area contributed by atoms with Crippen LogP contribution in [0.2, 0.25) is 0 Å². The molecule has 0 radical (unpaired) electrons. The molecule has 1 aliphatic heterocycles. The topological polar surface area (TPSA) is 55.6 Å². The molecular formula is C18H21N2O3P. The van der Waals surface area contributed by atoms with Gasteiger partial charge in [-0.05, 0) is 35.3 Å². The van der Waals surface area contributed by atoms with Gasteiger partial charge in [-0.1, -0.05) is 38.3 Å². The van der Waals surface area contributed by atoms with Gasteiger partial charge < -0.3 is 4.74 Å². The van der Waals surface area contributed by atoms with Crippen LogP contribution < -0.4 is 10.0 Å². The zero-order valence-corrected chi connectivity index (χ0v) is 14.6. The maximum atomic E-state index is 11.0. The Balaban J connectivity index is 1.63.